The van der Waals surface area contributed by atoms with Gasteiger partial charge in [-0.1, -0.05) is 24.3 Å². The van der Waals surface area contributed by atoms with Gasteiger partial charge >= 0.3 is 5.97 Å². The minimum absolute atomic E-state index is 0.272. The molecule has 0 amide bonds. The standard InChI is InChI=1S/C14H15NO2/c1-2-17-14(16)12-8-4-5-9-13(12)15-10-6-3-7-11-15/h3-10H,2,11H2,1H3. The van der Waals surface area contributed by atoms with Crippen LogP contribution in [0.5, 0.6) is 0 Å². The van der Waals surface area contributed by atoms with Crippen molar-refractivity contribution >= 4 is 11.7 Å². The van der Waals surface area contributed by atoms with Crippen molar-refractivity contribution in [3.63, 3.8) is 0 Å². The molecule has 0 aliphatic carbocycles. The molecule has 88 valence electrons. The first-order chi connectivity index (χ1) is 8.33. The molecule has 2 rings (SSSR count). The van der Waals surface area contributed by atoms with E-state index in [1.54, 1.807) is 6.07 Å². The lowest BCUT2D eigenvalue weighted by molar-refractivity contribution is 0.0527. The molecule has 0 N–H and O–H groups in total. The number of esters is 1. The van der Waals surface area contributed by atoms with E-state index in [2.05, 4.69) is 0 Å². The third-order valence-corrected chi connectivity index (χ3v) is 2.52. The highest BCUT2D eigenvalue weighted by atomic mass is 16.5. The zero-order valence-electron chi connectivity index (χ0n) is 9.80. The summed E-state index contributed by atoms with van der Waals surface area (Å²) in [5.41, 5.74) is 1.49. The monoisotopic (exact) mass is 229 g/mol. The molecule has 0 fully saturated rings. The number of carbonyl (C=O) groups excluding carboxylic acids is 1. The van der Waals surface area contributed by atoms with Crippen LogP contribution in [0.3, 0.4) is 0 Å². The Morgan fingerprint density at radius 1 is 1.35 bits per heavy atom. The Labute approximate surface area is 101 Å². The van der Waals surface area contributed by atoms with Gasteiger partial charge in [-0.3, -0.25) is 0 Å². The summed E-state index contributed by atoms with van der Waals surface area (Å²) in [4.78, 5) is 13.8. The van der Waals surface area contributed by atoms with Gasteiger partial charge in [0, 0.05) is 12.7 Å². The van der Waals surface area contributed by atoms with E-state index >= 15 is 0 Å². The van der Waals surface area contributed by atoms with Crippen molar-refractivity contribution in [3.05, 3.63) is 54.3 Å². The predicted octanol–water partition coefficient (Wildman–Crippen LogP) is 2.75. The lowest BCUT2D eigenvalue weighted by atomic mass is 10.1. The van der Waals surface area contributed by atoms with Crippen molar-refractivity contribution in [1.29, 1.82) is 0 Å². The molecule has 0 saturated carbocycles. The fourth-order valence-electron chi connectivity index (χ4n) is 1.75. The summed E-state index contributed by atoms with van der Waals surface area (Å²) in [5, 5.41) is 0. The number of anilines is 1. The Morgan fingerprint density at radius 3 is 2.88 bits per heavy atom. The number of ether oxygens (including phenoxy) is 1. The molecular weight excluding hydrogens is 214 g/mol. The summed E-state index contributed by atoms with van der Waals surface area (Å²) in [6.07, 6.45) is 7.94. The molecule has 0 atom stereocenters. The van der Waals surface area contributed by atoms with Crippen LogP contribution >= 0.6 is 0 Å². The van der Waals surface area contributed by atoms with Gasteiger partial charge in [0.2, 0.25) is 0 Å². The van der Waals surface area contributed by atoms with Crippen LogP contribution in [-0.4, -0.2) is 19.1 Å². The summed E-state index contributed by atoms with van der Waals surface area (Å²) in [6.45, 7) is 2.97. The first kappa shape index (κ1) is 11.5. The Kier molecular flexibility index (Phi) is 3.60. The van der Waals surface area contributed by atoms with E-state index < -0.39 is 0 Å². The summed E-state index contributed by atoms with van der Waals surface area (Å²) >= 11 is 0. The van der Waals surface area contributed by atoms with E-state index in [0.29, 0.717) is 12.2 Å². The highest BCUT2D eigenvalue weighted by Gasteiger charge is 2.15. The maximum absolute atomic E-state index is 11.8. The van der Waals surface area contributed by atoms with Gasteiger partial charge in [0.15, 0.2) is 0 Å². The van der Waals surface area contributed by atoms with E-state index in [4.69, 9.17) is 4.74 Å². The largest absolute Gasteiger partial charge is 0.462 e. The molecule has 0 bridgehead atoms. The zero-order chi connectivity index (χ0) is 12.1. The van der Waals surface area contributed by atoms with Crippen LogP contribution in [-0.2, 0) is 4.74 Å². The van der Waals surface area contributed by atoms with E-state index in [-0.39, 0.29) is 5.97 Å². The predicted molar refractivity (Wildman–Crippen MR) is 68.0 cm³/mol. The van der Waals surface area contributed by atoms with Crippen LogP contribution in [0, 0.1) is 0 Å². The van der Waals surface area contributed by atoms with E-state index in [1.807, 2.05) is 54.5 Å². The minimum atomic E-state index is -0.272. The van der Waals surface area contributed by atoms with Crippen LogP contribution in [0.15, 0.2) is 48.7 Å². The van der Waals surface area contributed by atoms with Gasteiger partial charge in [0.05, 0.1) is 17.9 Å². The second-order valence-electron chi connectivity index (χ2n) is 3.66. The molecule has 17 heavy (non-hydrogen) atoms. The van der Waals surface area contributed by atoms with Crippen molar-refractivity contribution < 1.29 is 9.53 Å². The molecule has 1 aliphatic heterocycles. The van der Waals surface area contributed by atoms with Gasteiger partial charge in [0.1, 0.15) is 0 Å². The van der Waals surface area contributed by atoms with Gasteiger partial charge in [0.25, 0.3) is 0 Å². The maximum Gasteiger partial charge on any atom is 0.340 e. The minimum Gasteiger partial charge on any atom is -0.462 e. The first-order valence-corrected chi connectivity index (χ1v) is 5.69. The van der Waals surface area contributed by atoms with Gasteiger partial charge in [-0.2, -0.15) is 0 Å². The van der Waals surface area contributed by atoms with Crippen molar-refractivity contribution in [2.45, 2.75) is 6.92 Å². The van der Waals surface area contributed by atoms with Crippen molar-refractivity contribution in [3.8, 4) is 0 Å². The molecule has 0 aromatic heterocycles. The Bertz CT molecular complexity index is 463. The second kappa shape index (κ2) is 5.34. The highest BCUT2D eigenvalue weighted by Crippen LogP contribution is 2.22. The fraction of sp³-hybridized carbons (Fsp3) is 0.214. The molecule has 1 aliphatic rings. The van der Waals surface area contributed by atoms with Crippen LogP contribution in [0.4, 0.5) is 5.69 Å². The number of hydrogen-bond acceptors (Lipinski definition) is 3. The third-order valence-electron chi connectivity index (χ3n) is 2.52. The molecule has 1 aromatic rings. The van der Waals surface area contributed by atoms with Crippen molar-refractivity contribution in [2.75, 3.05) is 18.1 Å². The molecule has 0 unspecified atom stereocenters. The molecule has 0 radical (unpaired) electrons. The Hall–Kier alpha value is -2.03. The van der Waals surface area contributed by atoms with Crippen molar-refractivity contribution in [1.82, 2.24) is 0 Å². The van der Waals surface area contributed by atoms with Gasteiger partial charge < -0.3 is 9.64 Å². The average molecular weight is 229 g/mol. The Balaban J connectivity index is 2.30. The quantitative estimate of drug-likeness (QED) is 0.746. The average Bonchev–Trinajstić information content (AvgIpc) is 2.40. The van der Waals surface area contributed by atoms with Gasteiger partial charge in [-0.25, -0.2) is 4.79 Å². The van der Waals surface area contributed by atoms with Crippen LogP contribution < -0.4 is 4.90 Å². The van der Waals surface area contributed by atoms with E-state index in [9.17, 15) is 4.79 Å². The SMILES string of the molecule is CCOC(=O)c1ccccc1N1C=CC=CC1. The number of rotatable bonds is 3. The highest BCUT2D eigenvalue weighted by molar-refractivity contribution is 5.96. The first-order valence-electron chi connectivity index (χ1n) is 5.69. The van der Waals surface area contributed by atoms with Crippen LogP contribution in [0.2, 0.25) is 0 Å². The van der Waals surface area contributed by atoms with Crippen molar-refractivity contribution in [2.24, 2.45) is 0 Å². The second-order valence-corrected chi connectivity index (χ2v) is 3.66. The van der Waals surface area contributed by atoms with Crippen LogP contribution in [0.1, 0.15) is 17.3 Å². The summed E-state index contributed by atoms with van der Waals surface area (Å²) < 4.78 is 5.05. The fourth-order valence-corrected chi connectivity index (χ4v) is 1.75. The molecule has 1 heterocycles. The molecule has 3 heteroatoms. The molecule has 0 spiro atoms. The Morgan fingerprint density at radius 2 is 2.18 bits per heavy atom. The number of para-hydroxylation sites is 1. The summed E-state index contributed by atoms with van der Waals surface area (Å²) in [6, 6.07) is 7.48. The number of benzene rings is 1. The number of hydrogen-bond donors (Lipinski definition) is 0. The number of allylic oxidation sites excluding steroid dienone is 2. The maximum atomic E-state index is 11.8. The van der Waals surface area contributed by atoms with E-state index in [0.717, 1.165) is 12.2 Å². The van der Waals surface area contributed by atoms with Gasteiger partial charge in [-0.05, 0) is 25.1 Å². The van der Waals surface area contributed by atoms with Crippen LogP contribution in [0.25, 0.3) is 0 Å². The normalized spacial score (nSPS) is 13.8. The van der Waals surface area contributed by atoms with E-state index in [1.165, 1.54) is 0 Å². The zero-order valence-corrected chi connectivity index (χ0v) is 9.80. The lowest BCUT2D eigenvalue weighted by Gasteiger charge is -2.22. The summed E-state index contributed by atoms with van der Waals surface area (Å²) in [7, 11) is 0. The molecule has 3 nitrogen and oxygen atoms in total. The summed E-state index contributed by atoms with van der Waals surface area (Å²) in [5.74, 6) is -0.272. The third kappa shape index (κ3) is 2.56. The molecule has 0 saturated heterocycles. The topological polar surface area (TPSA) is 29.5 Å². The smallest absolute Gasteiger partial charge is 0.340 e. The molecule has 1 aromatic carbocycles. The van der Waals surface area contributed by atoms with Gasteiger partial charge in [-0.15, -0.1) is 0 Å². The lowest BCUT2D eigenvalue weighted by Crippen LogP contribution is -2.20. The number of nitrogens with zero attached hydrogens (tertiary/aromatic N) is 1. The number of carbonyl (C=O) groups is 1. The molecular formula is C14H15NO2.